The summed E-state index contributed by atoms with van der Waals surface area (Å²) in [6, 6.07) is 8.78. The van der Waals surface area contributed by atoms with Crippen molar-refractivity contribution in [3.05, 3.63) is 35.4 Å². The van der Waals surface area contributed by atoms with Crippen molar-refractivity contribution in [2.45, 2.75) is 19.4 Å². The smallest absolute Gasteiger partial charge is 0.254 e. The number of rotatable bonds is 3. The molecule has 1 aromatic carbocycles. The predicted molar refractivity (Wildman–Crippen MR) is 57.0 cm³/mol. The van der Waals surface area contributed by atoms with E-state index in [9.17, 15) is 9.59 Å². The number of hydrogen-bond donors (Lipinski definition) is 0. The quantitative estimate of drug-likeness (QED) is 0.730. The molecule has 86 valence electrons. The lowest BCUT2D eigenvalue weighted by atomic mass is 10.2. The third kappa shape index (κ3) is 2.49. The average molecular weight is 230 g/mol. The number of hydroxylamine groups is 2. The number of benzene rings is 1. The Balaban J connectivity index is 1.95. The Bertz CT molecular complexity index is 471. The van der Waals surface area contributed by atoms with E-state index < -0.39 is 0 Å². The summed E-state index contributed by atoms with van der Waals surface area (Å²) in [6.45, 7) is 0.142. The highest BCUT2D eigenvalue weighted by Gasteiger charge is 2.30. The van der Waals surface area contributed by atoms with Crippen molar-refractivity contribution in [3.63, 3.8) is 0 Å². The van der Waals surface area contributed by atoms with Gasteiger partial charge in [0, 0.05) is 12.8 Å². The number of carbonyl (C=O) groups is 2. The fraction of sp³-hybridized carbons (Fsp3) is 0.250. The van der Waals surface area contributed by atoms with Gasteiger partial charge in [-0.15, -0.1) is 0 Å². The molecule has 5 nitrogen and oxygen atoms in total. The molecule has 0 unspecified atom stereocenters. The number of amides is 2. The largest absolute Gasteiger partial charge is 0.272 e. The van der Waals surface area contributed by atoms with E-state index in [2.05, 4.69) is 0 Å². The van der Waals surface area contributed by atoms with Crippen molar-refractivity contribution in [2.24, 2.45) is 0 Å². The second-order valence-corrected chi connectivity index (χ2v) is 3.66. The molecule has 1 saturated heterocycles. The first kappa shape index (κ1) is 11.3. The highest BCUT2D eigenvalue weighted by molar-refractivity contribution is 6.00. The molecule has 1 aromatic rings. The Labute approximate surface area is 98.2 Å². The van der Waals surface area contributed by atoms with Gasteiger partial charge in [0.2, 0.25) is 0 Å². The van der Waals surface area contributed by atoms with E-state index in [4.69, 9.17) is 10.1 Å². The first-order chi connectivity index (χ1) is 8.20. The first-order valence-electron chi connectivity index (χ1n) is 5.18. The van der Waals surface area contributed by atoms with Gasteiger partial charge in [0.05, 0.1) is 11.6 Å². The Morgan fingerprint density at radius 2 is 1.76 bits per heavy atom. The second kappa shape index (κ2) is 4.76. The van der Waals surface area contributed by atoms with Gasteiger partial charge in [-0.3, -0.25) is 14.4 Å². The van der Waals surface area contributed by atoms with Crippen LogP contribution in [0.2, 0.25) is 0 Å². The minimum absolute atomic E-state index is 0.142. The molecule has 1 heterocycles. The third-order valence-corrected chi connectivity index (χ3v) is 2.45. The van der Waals surface area contributed by atoms with Crippen molar-refractivity contribution in [2.75, 3.05) is 0 Å². The monoisotopic (exact) mass is 230 g/mol. The molecule has 5 heteroatoms. The highest BCUT2D eigenvalue weighted by atomic mass is 16.7. The van der Waals surface area contributed by atoms with Crippen LogP contribution in [0.5, 0.6) is 0 Å². The molecule has 1 aliphatic rings. The lowest BCUT2D eigenvalue weighted by Gasteiger charge is -2.12. The van der Waals surface area contributed by atoms with Crippen LogP contribution in [0.15, 0.2) is 24.3 Å². The minimum Gasteiger partial charge on any atom is -0.272 e. The maximum atomic E-state index is 11.2. The molecule has 0 aliphatic carbocycles. The zero-order valence-corrected chi connectivity index (χ0v) is 9.05. The summed E-state index contributed by atoms with van der Waals surface area (Å²) < 4.78 is 0. The molecule has 0 radical (unpaired) electrons. The van der Waals surface area contributed by atoms with Crippen molar-refractivity contribution in [1.82, 2.24) is 5.06 Å². The highest BCUT2D eigenvalue weighted by Crippen LogP contribution is 2.14. The van der Waals surface area contributed by atoms with Crippen molar-refractivity contribution in [1.29, 1.82) is 5.26 Å². The molecule has 17 heavy (non-hydrogen) atoms. The molecule has 0 atom stereocenters. The minimum atomic E-state index is -0.302. The van der Waals surface area contributed by atoms with E-state index in [0.717, 1.165) is 10.6 Å². The van der Waals surface area contributed by atoms with Crippen LogP contribution in [0.25, 0.3) is 0 Å². The van der Waals surface area contributed by atoms with E-state index in [1.165, 1.54) is 0 Å². The molecule has 0 N–H and O–H groups in total. The van der Waals surface area contributed by atoms with Crippen LogP contribution in [0, 0.1) is 11.3 Å². The Morgan fingerprint density at radius 3 is 2.29 bits per heavy atom. The second-order valence-electron chi connectivity index (χ2n) is 3.66. The van der Waals surface area contributed by atoms with Gasteiger partial charge < -0.3 is 0 Å². The maximum Gasteiger partial charge on any atom is 0.254 e. The normalized spacial score (nSPS) is 15.1. The van der Waals surface area contributed by atoms with Crippen LogP contribution >= 0.6 is 0 Å². The Hall–Kier alpha value is -2.19. The molecular formula is C12H10N2O3. The van der Waals surface area contributed by atoms with Crippen molar-refractivity contribution in [3.8, 4) is 6.07 Å². The number of nitrogens with zero attached hydrogens (tertiary/aromatic N) is 2. The first-order valence-corrected chi connectivity index (χ1v) is 5.18. The fourth-order valence-electron chi connectivity index (χ4n) is 1.51. The zero-order valence-electron chi connectivity index (χ0n) is 9.05. The summed E-state index contributed by atoms with van der Waals surface area (Å²) >= 11 is 0. The molecule has 1 fully saturated rings. The standard InChI is InChI=1S/C12H10N2O3/c13-7-9-1-3-10(4-2-9)8-17-14-11(15)5-6-12(14)16/h1-4H,5-6,8H2. The molecule has 1 aliphatic heterocycles. The van der Waals surface area contributed by atoms with Crippen LogP contribution < -0.4 is 0 Å². The van der Waals surface area contributed by atoms with E-state index in [1.54, 1.807) is 24.3 Å². The van der Waals surface area contributed by atoms with Gasteiger partial charge in [0.15, 0.2) is 0 Å². The molecule has 0 saturated carbocycles. The molecule has 2 rings (SSSR count). The van der Waals surface area contributed by atoms with Crippen molar-refractivity contribution >= 4 is 11.8 Å². The summed E-state index contributed by atoms with van der Waals surface area (Å²) in [6.07, 6.45) is 0.429. The van der Waals surface area contributed by atoms with Crippen molar-refractivity contribution < 1.29 is 14.4 Å². The number of hydrogen-bond acceptors (Lipinski definition) is 4. The Morgan fingerprint density at radius 1 is 1.18 bits per heavy atom. The lowest BCUT2D eigenvalue weighted by Crippen LogP contribution is -2.28. The number of carbonyl (C=O) groups excluding carboxylic acids is 2. The van der Waals surface area contributed by atoms with Crippen LogP contribution in [0.4, 0.5) is 0 Å². The van der Waals surface area contributed by atoms with Gasteiger partial charge in [-0.2, -0.15) is 10.3 Å². The van der Waals surface area contributed by atoms with Gasteiger partial charge in [-0.05, 0) is 17.7 Å². The van der Waals surface area contributed by atoms with Gasteiger partial charge in [-0.25, -0.2) is 0 Å². The van der Waals surface area contributed by atoms with Crippen LogP contribution in [-0.2, 0) is 21.0 Å². The van der Waals surface area contributed by atoms with Gasteiger partial charge >= 0.3 is 0 Å². The van der Waals surface area contributed by atoms with E-state index in [1.807, 2.05) is 6.07 Å². The maximum absolute atomic E-state index is 11.2. The molecule has 2 amide bonds. The predicted octanol–water partition coefficient (Wildman–Crippen LogP) is 1.14. The molecule has 0 aromatic heterocycles. The molecule has 0 spiro atoms. The van der Waals surface area contributed by atoms with E-state index in [0.29, 0.717) is 5.56 Å². The number of imide groups is 1. The lowest BCUT2D eigenvalue weighted by molar-refractivity contribution is -0.191. The summed E-state index contributed by atoms with van der Waals surface area (Å²) in [5.74, 6) is -0.604. The van der Waals surface area contributed by atoms with Gasteiger partial charge in [0.25, 0.3) is 11.8 Å². The number of nitriles is 1. The fourth-order valence-corrected chi connectivity index (χ4v) is 1.51. The SMILES string of the molecule is N#Cc1ccc(CON2C(=O)CCC2=O)cc1. The average Bonchev–Trinajstić information content (AvgIpc) is 2.67. The molecule has 0 bridgehead atoms. The summed E-state index contributed by atoms with van der Waals surface area (Å²) in [5.41, 5.74) is 1.36. The van der Waals surface area contributed by atoms with E-state index >= 15 is 0 Å². The zero-order chi connectivity index (χ0) is 12.3. The third-order valence-electron chi connectivity index (χ3n) is 2.45. The molecular weight excluding hydrogens is 220 g/mol. The van der Waals surface area contributed by atoms with Crippen LogP contribution in [0.3, 0.4) is 0 Å². The van der Waals surface area contributed by atoms with E-state index in [-0.39, 0.29) is 31.3 Å². The Kier molecular flexibility index (Phi) is 3.17. The van der Waals surface area contributed by atoms with Gasteiger partial charge in [0.1, 0.15) is 6.61 Å². The summed E-state index contributed by atoms with van der Waals surface area (Å²) in [7, 11) is 0. The summed E-state index contributed by atoms with van der Waals surface area (Å²) in [4.78, 5) is 27.6. The van der Waals surface area contributed by atoms with Crippen LogP contribution in [-0.4, -0.2) is 16.9 Å². The van der Waals surface area contributed by atoms with Gasteiger partial charge in [-0.1, -0.05) is 12.1 Å². The summed E-state index contributed by atoms with van der Waals surface area (Å²) in [5, 5.41) is 9.44. The van der Waals surface area contributed by atoms with Crippen LogP contribution in [0.1, 0.15) is 24.0 Å². The topological polar surface area (TPSA) is 70.4 Å².